The van der Waals surface area contributed by atoms with E-state index >= 15 is 0 Å². The Kier molecular flexibility index (Phi) is 5.57. The quantitative estimate of drug-likeness (QED) is 0.467. The number of nitrogens with zero attached hydrogens (tertiary/aromatic N) is 2. The van der Waals surface area contributed by atoms with Crippen molar-refractivity contribution in [3.63, 3.8) is 0 Å². The molecule has 0 saturated carbocycles. The summed E-state index contributed by atoms with van der Waals surface area (Å²) in [5, 5.41) is 12.9. The molecule has 7 heteroatoms. The number of carbonyl (C=O) groups is 1. The summed E-state index contributed by atoms with van der Waals surface area (Å²) in [5.74, 6) is 0.370. The standard InChI is InChI=1S/C20H17N3O3.ClH/c24-16(25)11-6-12-21-20-18-17(14-9-4-5-10-15(14)26-18)22-19(23-20)13-7-2-1-3-8-13;/h1-5,7-10H,6,11-12H2,(H,24,25)(H,21,22,23);1H. The summed E-state index contributed by atoms with van der Waals surface area (Å²) in [5.41, 5.74) is 2.99. The van der Waals surface area contributed by atoms with Gasteiger partial charge in [0.25, 0.3) is 0 Å². The van der Waals surface area contributed by atoms with Gasteiger partial charge in [-0.25, -0.2) is 9.97 Å². The number of halogens is 1. The molecule has 6 nitrogen and oxygen atoms in total. The lowest BCUT2D eigenvalue weighted by Crippen LogP contribution is -2.07. The largest absolute Gasteiger partial charge is 0.481 e. The number of carboxylic acids is 1. The second-order valence-corrected chi connectivity index (χ2v) is 5.96. The average molecular weight is 384 g/mol. The van der Waals surface area contributed by atoms with Crippen molar-refractivity contribution >= 4 is 46.3 Å². The number of furan rings is 1. The number of hydrogen-bond acceptors (Lipinski definition) is 5. The molecule has 0 amide bonds. The Hall–Kier alpha value is -3.12. The minimum atomic E-state index is -0.812. The molecule has 4 aromatic rings. The van der Waals surface area contributed by atoms with E-state index in [1.807, 2.05) is 54.6 Å². The lowest BCUT2D eigenvalue weighted by Gasteiger charge is -2.07. The Balaban J connectivity index is 0.00000210. The Morgan fingerprint density at radius 1 is 1.04 bits per heavy atom. The van der Waals surface area contributed by atoms with Gasteiger partial charge in [0, 0.05) is 23.9 Å². The Morgan fingerprint density at radius 3 is 2.56 bits per heavy atom. The van der Waals surface area contributed by atoms with Crippen LogP contribution < -0.4 is 5.32 Å². The summed E-state index contributed by atoms with van der Waals surface area (Å²) >= 11 is 0. The van der Waals surface area contributed by atoms with Crippen LogP contribution in [0.5, 0.6) is 0 Å². The fraction of sp³-hybridized carbons (Fsp3) is 0.150. The summed E-state index contributed by atoms with van der Waals surface area (Å²) in [6, 6.07) is 17.5. The first-order valence-corrected chi connectivity index (χ1v) is 8.43. The van der Waals surface area contributed by atoms with E-state index in [0.717, 1.165) is 22.0 Å². The first kappa shape index (κ1) is 18.7. The lowest BCUT2D eigenvalue weighted by atomic mass is 10.2. The van der Waals surface area contributed by atoms with Crippen LogP contribution in [-0.4, -0.2) is 27.6 Å². The van der Waals surface area contributed by atoms with Gasteiger partial charge in [-0.05, 0) is 18.6 Å². The minimum absolute atomic E-state index is 0. The molecule has 0 aliphatic heterocycles. The van der Waals surface area contributed by atoms with Crippen molar-refractivity contribution < 1.29 is 14.3 Å². The predicted octanol–water partition coefficient (Wildman–Crippen LogP) is 4.74. The maximum absolute atomic E-state index is 10.7. The van der Waals surface area contributed by atoms with E-state index in [2.05, 4.69) is 10.3 Å². The van der Waals surface area contributed by atoms with Crippen LogP contribution in [0.1, 0.15) is 12.8 Å². The number of rotatable bonds is 6. The van der Waals surface area contributed by atoms with Crippen LogP contribution in [0, 0.1) is 0 Å². The monoisotopic (exact) mass is 383 g/mol. The molecule has 0 saturated heterocycles. The number of para-hydroxylation sites is 1. The summed E-state index contributed by atoms with van der Waals surface area (Å²) < 4.78 is 5.95. The van der Waals surface area contributed by atoms with Gasteiger partial charge >= 0.3 is 5.97 Å². The van der Waals surface area contributed by atoms with Gasteiger partial charge in [-0.1, -0.05) is 42.5 Å². The highest BCUT2D eigenvalue weighted by Crippen LogP contribution is 2.33. The van der Waals surface area contributed by atoms with Crippen LogP contribution in [0.3, 0.4) is 0 Å². The highest BCUT2D eigenvalue weighted by Gasteiger charge is 2.16. The molecule has 0 atom stereocenters. The van der Waals surface area contributed by atoms with Gasteiger partial charge in [-0.3, -0.25) is 4.79 Å². The molecule has 0 radical (unpaired) electrons. The number of hydrogen-bond donors (Lipinski definition) is 2. The summed E-state index contributed by atoms with van der Waals surface area (Å²) in [4.78, 5) is 20.0. The third kappa shape index (κ3) is 3.85. The summed E-state index contributed by atoms with van der Waals surface area (Å²) in [6.07, 6.45) is 0.606. The van der Waals surface area contributed by atoms with Crippen molar-refractivity contribution in [1.82, 2.24) is 9.97 Å². The summed E-state index contributed by atoms with van der Waals surface area (Å²) in [6.45, 7) is 0.490. The van der Waals surface area contributed by atoms with Crippen molar-refractivity contribution in [3.8, 4) is 11.4 Å². The first-order valence-electron chi connectivity index (χ1n) is 8.43. The third-order valence-corrected chi connectivity index (χ3v) is 4.11. The molecular weight excluding hydrogens is 366 g/mol. The van der Waals surface area contributed by atoms with Crippen LogP contribution in [-0.2, 0) is 4.79 Å². The number of aliphatic carboxylic acids is 1. The molecular formula is C20H18ClN3O3. The molecule has 138 valence electrons. The molecule has 2 aromatic carbocycles. The molecule has 0 spiro atoms. The van der Waals surface area contributed by atoms with Crippen molar-refractivity contribution in [2.75, 3.05) is 11.9 Å². The van der Waals surface area contributed by atoms with Gasteiger partial charge in [0.15, 0.2) is 17.2 Å². The Labute approximate surface area is 161 Å². The zero-order valence-corrected chi connectivity index (χ0v) is 15.2. The zero-order chi connectivity index (χ0) is 17.9. The van der Waals surface area contributed by atoms with E-state index in [1.165, 1.54) is 0 Å². The molecule has 2 N–H and O–H groups in total. The van der Waals surface area contributed by atoms with Crippen LogP contribution in [0.2, 0.25) is 0 Å². The molecule has 0 aliphatic carbocycles. The van der Waals surface area contributed by atoms with Gasteiger partial charge in [0.05, 0.1) is 0 Å². The molecule has 0 aliphatic rings. The van der Waals surface area contributed by atoms with Gasteiger partial charge < -0.3 is 14.8 Å². The maximum Gasteiger partial charge on any atom is 0.303 e. The summed E-state index contributed by atoms with van der Waals surface area (Å²) in [7, 11) is 0. The Bertz CT molecular complexity index is 1080. The van der Waals surface area contributed by atoms with E-state index in [1.54, 1.807) is 0 Å². The normalized spacial score (nSPS) is 10.7. The maximum atomic E-state index is 10.7. The predicted molar refractivity (Wildman–Crippen MR) is 107 cm³/mol. The fourth-order valence-corrected chi connectivity index (χ4v) is 2.87. The van der Waals surface area contributed by atoms with Crippen molar-refractivity contribution in [3.05, 3.63) is 54.6 Å². The fourth-order valence-electron chi connectivity index (χ4n) is 2.87. The molecule has 2 aromatic heterocycles. The van der Waals surface area contributed by atoms with Crippen LogP contribution in [0.15, 0.2) is 59.0 Å². The van der Waals surface area contributed by atoms with E-state index < -0.39 is 5.97 Å². The molecule has 4 rings (SSSR count). The number of nitrogens with one attached hydrogen (secondary N) is 1. The lowest BCUT2D eigenvalue weighted by molar-refractivity contribution is -0.137. The van der Waals surface area contributed by atoms with E-state index in [9.17, 15) is 4.79 Å². The minimum Gasteiger partial charge on any atom is -0.481 e. The zero-order valence-electron chi connectivity index (χ0n) is 14.4. The molecule has 0 fully saturated rings. The number of benzene rings is 2. The first-order chi connectivity index (χ1) is 12.7. The third-order valence-electron chi connectivity index (χ3n) is 4.11. The average Bonchev–Trinajstić information content (AvgIpc) is 3.04. The number of anilines is 1. The van der Waals surface area contributed by atoms with Gasteiger partial charge in [-0.2, -0.15) is 0 Å². The molecule has 0 unspecified atom stereocenters. The molecule has 0 bridgehead atoms. The number of carboxylic acid groups (broad SMARTS) is 1. The van der Waals surface area contributed by atoms with E-state index in [0.29, 0.717) is 30.2 Å². The van der Waals surface area contributed by atoms with E-state index in [4.69, 9.17) is 14.5 Å². The highest BCUT2D eigenvalue weighted by molar-refractivity contribution is 6.06. The van der Waals surface area contributed by atoms with Crippen LogP contribution >= 0.6 is 12.4 Å². The van der Waals surface area contributed by atoms with Gasteiger partial charge in [-0.15, -0.1) is 12.4 Å². The van der Waals surface area contributed by atoms with Crippen LogP contribution in [0.25, 0.3) is 33.5 Å². The number of aromatic nitrogens is 2. The van der Waals surface area contributed by atoms with E-state index in [-0.39, 0.29) is 18.8 Å². The molecule has 27 heavy (non-hydrogen) atoms. The van der Waals surface area contributed by atoms with Crippen LogP contribution in [0.4, 0.5) is 5.82 Å². The van der Waals surface area contributed by atoms with Crippen molar-refractivity contribution in [2.45, 2.75) is 12.8 Å². The van der Waals surface area contributed by atoms with Gasteiger partial charge in [0.2, 0.25) is 0 Å². The topological polar surface area (TPSA) is 88.2 Å². The second kappa shape index (κ2) is 8.05. The highest BCUT2D eigenvalue weighted by atomic mass is 35.5. The SMILES string of the molecule is Cl.O=C(O)CCCNc1nc(-c2ccccc2)nc2c1oc1ccccc12. The number of fused-ring (bicyclic) bond motifs is 3. The molecule has 2 heterocycles. The van der Waals surface area contributed by atoms with Gasteiger partial charge in [0.1, 0.15) is 11.1 Å². The smallest absolute Gasteiger partial charge is 0.303 e. The second-order valence-electron chi connectivity index (χ2n) is 5.96. The van der Waals surface area contributed by atoms with Crippen molar-refractivity contribution in [2.24, 2.45) is 0 Å². The van der Waals surface area contributed by atoms with Crippen molar-refractivity contribution in [1.29, 1.82) is 0 Å². The Morgan fingerprint density at radius 2 is 1.78 bits per heavy atom.